The molecule has 0 aliphatic heterocycles. The van der Waals surface area contributed by atoms with Gasteiger partial charge in [0.25, 0.3) is 0 Å². The standard InChI is InChI=1S/C13H13F3N2O2S/c1-19-10-5-6-21-12(10)11(18-17)8-3-2-4-9(7-8)20-13(14,15)16/h2-7,11,18H,17H2,1H3. The number of hydrazine groups is 1. The van der Waals surface area contributed by atoms with Crippen LogP contribution in [0.25, 0.3) is 0 Å². The largest absolute Gasteiger partial charge is 0.573 e. The molecule has 1 aromatic heterocycles. The van der Waals surface area contributed by atoms with Crippen LogP contribution in [0.15, 0.2) is 35.7 Å². The van der Waals surface area contributed by atoms with Gasteiger partial charge in [-0.3, -0.25) is 5.84 Å². The number of hydrogen-bond donors (Lipinski definition) is 2. The van der Waals surface area contributed by atoms with E-state index in [0.717, 1.165) is 4.88 Å². The van der Waals surface area contributed by atoms with Gasteiger partial charge in [0, 0.05) is 0 Å². The summed E-state index contributed by atoms with van der Waals surface area (Å²) in [5.41, 5.74) is 3.12. The Morgan fingerprint density at radius 1 is 1.29 bits per heavy atom. The van der Waals surface area contributed by atoms with Gasteiger partial charge in [0.15, 0.2) is 0 Å². The van der Waals surface area contributed by atoms with Gasteiger partial charge in [0.2, 0.25) is 0 Å². The van der Waals surface area contributed by atoms with Crippen LogP contribution in [0.3, 0.4) is 0 Å². The molecule has 3 N–H and O–H groups in total. The Balaban J connectivity index is 2.33. The minimum atomic E-state index is -4.73. The maximum Gasteiger partial charge on any atom is 0.573 e. The zero-order chi connectivity index (χ0) is 15.5. The van der Waals surface area contributed by atoms with Gasteiger partial charge >= 0.3 is 6.36 Å². The second-order valence-electron chi connectivity index (χ2n) is 4.07. The minimum Gasteiger partial charge on any atom is -0.496 e. The Morgan fingerprint density at radius 2 is 2.05 bits per heavy atom. The van der Waals surface area contributed by atoms with E-state index in [1.165, 1.54) is 36.6 Å². The molecule has 2 aromatic rings. The molecule has 4 nitrogen and oxygen atoms in total. The average molecular weight is 318 g/mol. The molecule has 0 radical (unpaired) electrons. The van der Waals surface area contributed by atoms with Gasteiger partial charge in [-0.1, -0.05) is 12.1 Å². The highest BCUT2D eigenvalue weighted by Gasteiger charge is 2.31. The van der Waals surface area contributed by atoms with Gasteiger partial charge in [-0.05, 0) is 29.1 Å². The molecule has 1 aromatic carbocycles. The van der Waals surface area contributed by atoms with Gasteiger partial charge in [-0.15, -0.1) is 24.5 Å². The summed E-state index contributed by atoms with van der Waals surface area (Å²) in [7, 11) is 1.52. The molecule has 0 saturated carbocycles. The maximum atomic E-state index is 12.3. The maximum absolute atomic E-state index is 12.3. The van der Waals surface area contributed by atoms with Crippen molar-refractivity contribution in [1.82, 2.24) is 5.43 Å². The van der Waals surface area contributed by atoms with Crippen LogP contribution >= 0.6 is 11.3 Å². The SMILES string of the molecule is COc1ccsc1C(NN)c1cccc(OC(F)(F)F)c1. The Hall–Kier alpha value is -1.77. The molecule has 1 unspecified atom stereocenters. The predicted molar refractivity (Wildman–Crippen MR) is 73.2 cm³/mol. The first kappa shape index (κ1) is 15.6. The second kappa shape index (κ2) is 6.33. The number of nitrogens with one attached hydrogen (secondary N) is 1. The Bertz CT molecular complexity index is 601. The molecule has 0 fully saturated rings. The molecular weight excluding hydrogens is 305 g/mol. The van der Waals surface area contributed by atoms with Crippen molar-refractivity contribution < 1.29 is 22.6 Å². The molecule has 0 aliphatic rings. The summed E-state index contributed by atoms with van der Waals surface area (Å²) in [6.45, 7) is 0. The molecule has 0 spiro atoms. The summed E-state index contributed by atoms with van der Waals surface area (Å²) in [5.74, 6) is 5.86. The summed E-state index contributed by atoms with van der Waals surface area (Å²) < 4.78 is 45.9. The van der Waals surface area contributed by atoms with Gasteiger partial charge in [0.1, 0.15) is 11.5 Å². The first-order valence-electron chi connectivity index (χ1n) is 5.88. The lowest BCUT2D eigenvalue weighted by atomic mass is 10.1. The molecule has 21 heavy (non-hydrogen) atoms. The van der Waals surface area contributed by atoms with Crippen molar-refractivity contribution >= 4 is 11.3 Å². The third kappa shape index (κ3) is 3.87. The van der Waals surface area contributed by atoms with Crippen LogP contribution in [-0.4, -0.2) is 13.5 Å². The van der Waals surface area contributed by atoms with E-state index < -0.39 is 12.4 Å². The predicted octanol–water partition coefficient (Wildman–Crippen LogP) is 3.21. The number of rotatable bonds is 5. The molecular formula is C13H13F3N2O2S. The summed E-state index contributed by atoms with van der Waals surface area (Å²) in [6, 6.07) is 6.93. The van der Waals surface area contributed by atoms with E-state index in [0.29, 0.717) is 11.3 Å². The smallest absolute Gasteiger partial charge is 0.496 e. The van der Waals surface area contributed by atoms with Crippen molar-refractivity contribution in [3.63, 3.8) is 0 Å². The number of ether oxygens (including phenoxy) is 2. The fraction of sp³-hybridized carbons (Fsp3) is 0.231. The van der Waals surface area contributed by atoms with E-state index in [1.807, 2.05) is 5.38 Å². The third-order valence-electron chi connectivity index (χ3n) is 2.73. The lowest BCUT2D eigenvalue weighted by Crippen LogP contribution is -2.28. The van der Waals surface area contributed by atoms with Crippen LogP contribution in [-0.2, 0) is 0 Å². The highest BCUT2D eigenvalue weighted by Crippen LogP contribution is 2.35. The highest BCUT2D eigenvalue weighted by molar-refractivity contribution is 7.10. The molecule has 114 valence electrons. The van der Waals surface area contributed by atoms with E-state index in [-0.39, 0.29) is 5.75 Å². The van der Waals surface area contributed by atoms with Crippen molar-refractivity contribution in [3.8, 4) is 11.5 Å². The zero-order valence-corrected chi connectivity index (χ0v) is 11.8. The monoisotopic (exact) mass is 318 g/mol. The Kier molecular flexibility index (Phi) is 4.71. The van der Waals surface area contributed by atoms with Crippen LogP contribution in [0.4, 0.5) is 13.2 Å². The zero-order valence-electron chi connectivity index (χ0n) is 11.0. The molecule has 0 saturated heterocycles. The number of benzene rings is 1. The van der Waals surface area contributed by atoms with Crippen molar-refractivity contribution in [3.05, 3.63) is 46.2 Å². The van der Waals surface area contributed by atoms with Crippen LogP contribution in [0.1, 0.15) is 16.5 Å². The normalized spacial score (nSPS) is 13.0. The van der Waals surface area contributed by atoms with Crippen LogP contribution in [0.2, 0.25) is 0 Å². The van der Waals surface area contributed by atoms with Crippen LogP contribution in [0, 0.1) is 0 Å². The average Bonchev–Trinajstić information content (AvgIpc) is 2.86. The minimum absolute atomic E-state index is 0.296. The molecule has 0 amide bonds. The highest BCUT2D eigenvalue weighted by atomic mass is 32.1. The number of nitrogens with two attached hydrogens (primary N) is 1. The van der Waals surface area contributed by atoms with Gasteiger partial charge < -0.3 is 9.47 Å². The van der Waals surface area contributed by atoms with Gasteiger partial charge in [-0.2, -0.15) is 0 Å². The lowest BCUT2D eigenvalue weighted by molar-refractivity contribution is -0.274. The van der Waals surface area contributed by atoms with Crippen LogP contribution in [0.5, 0.6) is 11.5 Å². The van der Waals surface area contributed by atoms with E-state index in [2.05, 4.69) is 10.2 Å². The lowest BCUT2D eigenvalue weighted by Gasteiger charge is -2.17. The molecule has 1 heterocycles. The number of methoxy groups -OCH3 is 1. The van der Waals surface area contributed by atoms with Crippen molar-refractivity contribution in [1.29, 1.82) is 0 Å². The quantitative estimate of drug-likeness (QED) is 0.656. The van der Waals surface area contributed by atoms with Crippen molar-refractivity contribution in [2.24, 2.45) is 5.84 Å². The van der Waals surface area contributed by atoms with Crippen molar-refractivity contribution in [2.45, 2.75) is 12.4 Å². The topological polar surface area (TPSA) is 56.5 Å². The van der Waals surface area contributed by atoms with Crippen molar-refractivity contribution in [2.75, 3.05) is 7.11 Å². The van der Waals surface area contributed by atoms with E-state index in [4.69, 9.17) is 10.6 Å². The fourth-order valence-corrected chi connectivity index (χ4v) is 2.85. The molecule has 2 rings (SSSR count). The van der Waals surface area contributed by atoms with E-state index in [9.17, 15) is 13.2 Å². The van der Waals surface area contributed by atoms with Crippen LogP contribution < -0.4 is 20.7 Å². The molecule has 1 atom stereocenters. The first-order valence-corrected chi connectivity index (χ1v) is 6.76. The van der Waals surface area contributed by atoms with Gasteiger partial charge in [-0.25, -0.2) is 5.43 Å². The number of halogens is 3. The number of hydrogen-bond acceptors (Lipinski definition) is 5. The summed E-state index contributed by atoms with van der Waals surface area (Å²) in [5, 5.41) is 1.81. The van der Waals surface area contributed by atoms with E-state index in [1.54, 1.807) is 12.1 Å². The summed E-state index contributed by atoms with van der Waals surface area (Å²) in [4.78, 5) is 0.768. The van der Waals surface area contributed by atoms with E-state index >= 15 is 0 Å². The first-order chi connectivity index (χ1) is 9.94. The number of alkyl halides is 3. The summed E-state index contributed by atoms with van der Waals surface area (Å²) >= 11 is 1.39. The fourth-order valence-electron chi connectivity index (χ4n) is 1.90. The molecule has 0 bridgehead atoms. The second-order valence-corrected chi connectivity index (χ2v) is 5.02. The number of thiophene rings is 1. The summed E-state index contributed by atoms with van der Waals surface area (Å²) in [6.07, 6.45) is -4.73. The Morgan fingerprint density at radius 3 is 2.67 bits per heavy atom. The Labute approximate surface area is 123 Å². The molecule has 8 heteroatoms. The van der Waals surface area contributed by atoms with Gasteiger partial charge in [0.05, 0.1) is 18.0 Å². The molecule has 0 aliphatic carbocycles. The third-order valence-corrected chi connectivity index (χ3v) is 3.69.